The van der Waals surface area contributed by atoms with Gasteiger partial charge in [0.15, 0.2) is 17.3 Å². The number of hydrogen-bond donors (Lipinski definition) is 2. The third-order valence-corrected chi connectivity index (χ3v) is 5.72. The van der Waals surface area contributed by atoms with Crippen molar-refractivity contribution in [1.82, 2.24) is 4.98 Å². The van der Waals surface area contributed by atoms with E-state index in [0.29, 0.717) is 24.5 Å². The van der Waals surface area contributed by atoms with Crippen LogP contribution in [0.1, 0.15) is 37.8 Å². The molecule has 6 nitrogen and oxygen atoms in total. The van der Waals surface area contributed by atoms with E-state index in [-0.39, 0.29) is 11.8 Å². The summed E-state index contributed by atoms with van der Waals surface area (Å²) in [6.07, 6.45) is 2.34. The van der Waals surface area contributed by atoms with Gasteiger partial charge in [-0.05, 0) is 43.2 Å². The zero-order valence-corrected chi connectivity index (χ0v) is 16.6. The molecule has 29 heavy (non-hydrogen) atoms. The number of benzene rings is 2. The maximum atomic E-state index is 13.0. The number of anilines is 1. The number of imidazole rings is 1. The van der Waals surface area contributed by atoms with E-state index in [2.05, 4.69) is 27.0 Å². The smallest absolute Gasteiger partial charge is 0.361 e. The van der Waals surface area contributed by atoms with Crippen LogP contribution in [0.15, 0.2) is 53.7 Å². The minimum atomic E-state index is -0.213. The highest BCUT2D eigenvalue weighted by atomic mass is 16.5. The van der Waals surface area contributed by atoms with Crippen LogP contribution in [0.4, 0.5) is 5.95 Å². The first-order valence-electron chi connectivity index (χ1n) is 10.1. The van der Waals surface area contributed by atoms with Gasteiger partial charge in [0.05, 0.1) is 25.0 Å². The predicted octanol–water partition coefficient (Wildman–Crippen LogP) is 3.88. The minimum Gasteiger partial charge on any atom is -0.493 e. The number of aromatic amines is 1. The molecule has 6 heteroatoms. The molecule has 0 saturated carbocycles. The van der Waals surface area contributed by atoms with Crippen LogP contribution in [0.5, 0.6) is 11.5 Å². The number of nitrogens with one attached hydrogen (secondary N) is 2. The minimum absolute atomic E-state index is 0.208. The van der Waals surface area contributed by atoms with Crippen molar-refractivity contribution in [3.05, 3.63) is 59.3 Å². The maximum absolute atomic E-state index is 13.0. The molecule has 2 aliphatic rings. The number of ketones is 1. The Bertz CT molecular complexity index is 1150. The number of aromatic nitrogens is 2. The van der Waals surface area contributed by atoms with E-state index in [1.807, 2.05) is 37.3 Å². The van der Waals surface area contributed by atoms with Crippen molar-refractivity contribution in [1.29, 1.82) is 0 Å². The lowest BCUT2D eigenvalue weighted by atomic mass is 9.85. The molecule has 2 N–H and O–H groups in total. The fourth-order valence-corrected chi connectivity index (χ4v) is 4.48. The van der Waals surface area contributed by atoms with Crippen molar-refractivity contribution in [3.63, 3.8) is 0 Å². The van der Waals surface area contributed by atoms with E-state index in [0.717, 1.165) is 46.7 Å². The number of H-pyrrole nitrogens is 1. The summed E-state index contributed by atoms with van der Waals surface area (Å²) >= 11 is 0. The van der Waals surface area contributed by atoms with Crippen LogP contribution in [0.3, 0.4) is 0 Å². The number of ether oxygens (including phenoxy) is 2. The average molecular weight is 390 g/mol. The molecular weight excluding hydrogens is 366 g/mol. The molecule has 0 spiro atoms. The third-order valence-electron chi connectivity index (χ3n) is 5.72. The number of methoxy groups -OCH3 is 1. The lowest BCUT2D eigenvalue weighted by Crippen LogP contribution is -2.48. The van der Waals surface area contributed by atoms with Crippen molar-refractivity contribution in [2.75, 3.05) is 19.0 Å². The Morgan fingerprint density at radius 2 is 2.00 bits per heavy atom. The SMILES string of the molecule is CCOc1ccc(C2C3=C(CCCC3=O)Nc3[nH]c4ccccc4[n+]32)cc1OC. The van der Waals surface area contributed by atoms with Gasteiger partial charge in [0.1, 0.15) is 17.1 Å². The summed E-state index contributed by atoms with van der Waals surface area (Å²) in [6.45, 7) is 2.52. The van der Waals surface area contributed by atoms with E-state index in [4.69, 9.17) is 9.47 Å². The summed E-state index contributed by atoms with van der Waals surface area (Å²) in [7, 11) is 1.64. The molecular formula is C23H24N3O3+. The van der Waals surface area contributed by atoms with Crippen molar-refractivity contribution in [2.45, 2.75) is 32.2 Å². The van der Waals surface area contributed by atoms with Crippen molar-refractivity contribution >= 4 is 22.8 Å². The van der Waals surface area contributed by atoms with Crippen LogP contribution in [0, 0.1) is 0 Å². The van der Waals surface area contributed by atoms with Gasteiger partial charge in [-0.15, -0.1) is 0 Å². The summed E-state index contributed by atoms with van der Waals surface area (Å²) in [5.74, 6) is 2.49. The lowest BCUT2D eigenvalue weighted by molar-refractivity contribution is -0.666. The summed E-state index contributed by atoms with van der Waals surface area (Å²) in [6, 6.07) is 13.9. The maximum Gasteiger partial charge on any atom is 0.361 e. The first kappa shape index (κ1) is 17.8. The van der Waals surface area contributed by atoms with Gasteiger partial charge in [-0.25, -0.2) is 14.9 Å². The molecule has 1 aliphatic carbocycles. The summed E-state index contributed by atoms with van der Waals surface area (Å²) in [4.78, 5) is 16.5. The molecule has 0 saturated heterocycles. The Morgan fingerprint density at radius 1 is 1.14 bits per heavy atom. The normalized spacial score (nSPS) is 18.3. The average Bonchev–Trinajstić information content (AvgIpc) is 3.11. The number of carbonyl (C=O) groups excluding carboxylic acids is 1. The highest BCUT2D eigenvalue weighted by Crippen LogP contribution is 2.39. The molecule has 3 aromatic rings. The molecule has 148 valence electrons. The fourth-order valence-electron chi connectivity index (χ4n) is 4.48. The van der Waals surface area contributed by atoms with Crippen LogP contribution >= 0.6 is 0 Å². The largest absolute Gasteiger partial charge is 0.493 e. The monoisotopic (exact) mass is 390 g/mol. The van der Waals surface area contributed by atoms with Gasteiger partial charge >= 0.3 is 5.95 Å². The van der Waals surface area contributed by atoms with Crippen LogP contribution in [0.25, 0.3) is 11.0 Å². The van der Waals surface area contributed by atoms with Crippen molar-refractivity contribution in [3.8, 4) is 11.5 Å². The molecule has 2 aromatic carbocycles. The number of carbonyl (C=O) groups is 1. The van der Waals surface area contributed by atoms with Crippen LogP contribution < -0.4 is 19.4 Å². The molecule has 1 aliphatic heterocycles. The first-order valence-corrected chi connectivity index (χ1v) is 10.1. The Kier molecular flexibility index (Phi) is 4.27. The summed E-state index contributed by atoms with van der Waals surface area (Å²) < 4.78 is 13.5. The van der Waals surface area contributed by atoms with Gasteiger partial charge in [-0.1, -0.05) is 18.2 Å². The quantitative estimate of drug-likeness (QED) is 0.664. The molecule has 1 aromatic heterocycles. The Hall–Kier alpha value is -3.28. The van der Waals surface area contributed by atoms with E-state index in [1.54, 1.807) is 7.11 Å². The predicted molar refractivity (Wildman–Crippen MR) is 110 cm³/mol. The molecule has 1 unspecified atom stereocenters. The first-order chi connectivity index (χ1) is 14.2. The number of rotatable bonds is 4. The molecule has 5 rings (SSSR count). The molecule has 0 amide bonds. The zero-order chi connectivity index (χ0) is 20.0. The van der Waals surface area contributed by atoms with Crippen molar-refractivity contribution in [2.24, 2.45) is 0 Å². The standard InChI is InChI=1S/C23H23N3O3/c1-3-29-19-12-11-14(13-20(19)28-2)22-21-16(8-6-10-18(21)27)25-23-24-15-7-4-5-9-17(15)26(22)23/h4-5,7,9,11-13,22H,3,6,8,10H2,1-2H3,(H,24,25,27)/p+1. The third kappa shape index (κ3) is 2.78. The van der Waals surface area contributed by atoms with Gasteiger partial charge in [0.25, 0.3) is 0 Å². The van der Waals surface area contributed by atoms with Gasteiger partial charge in [0, 0.05) is 12.8 Å². The second kappa shape index (κ2) is 6.95. The number of nitrogens with zero attached hydrogens (tertiary/aromatic N) is 1. The topological polar surface area (TPSA) is 67.2 Å². The number of para-hydroxylation sites is 2. The second-order valence-electron chi connectivity index (χ2n) is 7.40. The van der Waals surface area contributed by atoms with E-state index >= 15 is 0 Å². The zero-order valence-electron chi connectivity index (χ0n) is 16.6. The second-order valence-corrected chi connectivity index (χ2v) is 7.40. The molecule has 0 bridgehead atoms. The van der Waals surface area contributed by atoms with Gasteiger partial charge in [-0.2, -0.15) is 0 Å². The summed E-state index contributed by atoms with van der Waals surface area (Å²) in [5, 5.41) is 3.49. The molecule has 1 atom stereocenters. The van der Waals surface area contributed by atoms with Gasteiger partial charge in [-0.3, -0.25) is 4.79 Å². The molecule has 2 heterocycles. The Balaban J connectivity index is 1.75. The van der Waals surface area contributed by atoms with E-state index in [9.17, 15) is 4.79 Å². The molecule has 0 radical (unpaired) electrons. The van der Waals surface area contributed by atoms with E-state index < -0.39 is 0 Å². The molecule has 0 fully saturated rings. The summed E-state index contributed by atoms with van der Waals surface area (Å²) in [5.41, 5.74) is 4.96. The van der Waals surface area contributed by atoms with Crippen LogP contribution in [-0.4, -0.2) is 24.5 Å². The van der Waals surface area contributed by atoms with Crippen LogP contribution in [0.2, 0.25) is 0 Å². The Morgan fingerprint density at radius 3 is 2.83 bits per heavy atom. The van der Waals surface area contributed by atoms with Gasteiger partial charge < -0.3 is 9.47 Å². The lowest BCUT2D eigenvalue weighted by Gasteiger charge is -2.29. The van der Waals surface area contributed by atoms with Crippen molar-refractivity contribution < 1.29 is 18.8 Å². The number of hydrogen-bond acceptors (Lipinski definition) is 4. The number of fused-ring (bicyclic) bond motifs is 3. The highest BCUT2D eigenvalue weighted by molar-refractivity contribution is 5.99. The number of allylic oxidation sites excluding steroid dienone is 2. The van der Waals surface area contributed by atoms with Gasteiger partial charge in [0.2, 0.25) is 0 Å². The van der Waals surface area contributed by atoms with E-state index in [1.165, 1.54) is 0 Å². The van der Waals surface area contributed by atoms with Crippen LogP contribution in [-0.2, 0) is 4.79 Å². The Labute approximate surface area is 169 Å². The fraction of sp³-hybridized carbons (Fsp3) is 0.304. The number of Topliss-reactive ketones (excluding diaryl/α,β-unsaturated/α-hetero) is 1. The highest BCUT2D eigenvalue weighted by Gasteiger charge is 2.41.